The van der Waals surface area contributed by atoms with Gasteiger partial charge in [-0.3, -0.25) is 9.69 Å². The van der Waals surface area contributed by atoms with E-state index in [0.29, 0.717) is 18.5 Å². The highest BCUT2D eigenvalue weighted by Gasteiger charge is 2.42. The van der Waals surface area contributed by atoms with E-state index in [-0.39, 0.29) is 5.76 Å². The third-order valence-corrected chi connectivity index (χ3v) is 4.12. The minimum Gasteiger partial charge on any atom is -0.480 e. The lowest BCUT2D eigenvalue weighted by Gasteiger charge is -2.37. The van der Waals surface area contributed by atoms with Crippen LogP contribution in [0, 0.1) is 0 Å². The third-order valence-electron chi connectivity index (χ3n) is 4.12. The predicted octanol–water partition coefficient (Wildman–Crippen LogP) is 3.31. The smallest absolute Gasteiger partial charge is 0.329 e. The van der Waals surface area contributed by atoms with Crippen molar-refractivity contribution in [2.75, 3.05) is 4.90 Å². The van der Waals surface area contributed by atoms with E-state index in [1.165, 1.54) is 31.0 Å². The number of hydrogen-bond donors (Lipinski definition) is 1. The number of aromatic nitrogens is 1. The van der Waals surface area contributed by atoms with E-state index in [1.54, 1.807) is 0 Å². The number of benzene rings is 1. The van der Waals surface area contributed by atoms with Gasteiger partial charge in [0, 0.05) is 6.07 Å². The maximum absolute atomic E-state index is 13.0. The minimum absolute atomic E-state index is 0.0114. The molecule has 1 aromatic carbocycles. The van der Waals surface area contributed by atoms with Crippen LogP contribution in [-0.4, -0.2) is 27.7 Å². The van der Waals surface area contributed by atoms with Crippen LogP contribution in [-0.2, 0) is 17.6 Å². The topological polar surface area (TPSA) is 83.6 Å². The normalized spacial score (nSPS) is 11.3. The van der Waals surface area contributed by atoms with E-state index >= 15 is 0 Å². The molecule has 2 rings (SSSR count). The first-order valence-electron chi connectivity index (χ1n) is 7.93. The molecule has 0 saturated carbocycles. The van der Waals surface area contributed by atoms with Gasteiger partial charge < -0.3 is 9.63 Å². The van der Waals surface area contributed by atoms with Gasteiger partial charge in [-0.05, 0) is 37.8 Å². The van der Waals surface area contributed by atoms with E-state index in [4.69, 9.17) is 4.52 Å². The van der Waals surface area contributed by atoms with E-state index in [0.717, 1.165) is 11.1 Å². The van der Waals surface area contributed by atoms with Gasteiger partial charge in [0.1, 0.15) is 5.54 Å². The maximum atomic E-state index is 13.0. The highest BCUT2D eigenvalue weighted by atomic mass is 16.5. The molecular formula is C18H22N2O4. The van der Waals surface area contributed by atoms with Gasteiger partial charge in [0.05, 0.1) is 11.9 Å². The zero-order chi connectivity index (χ0) is 17.9. The first-order valence-corrected chi connectivity index (χ1v) is 7.93. The van der Waals surface area contributed by atoms with Crippen molar-refractivity contribution in [2.45, 2.75) is 46.1 Å². The van der Waals surface area contributed by atoms with Crippen LogP contribution in [0.2, 0.25) is 0 Å². The van der Waals surface area contributed by atoms with Crippen LogP contribution < -0.4 is 4.90 Å². The molecule has 0 spiro atoms. The van der Waals surface area contributed by atoms with E-state index in [9.17, 15) is 14.7 Å². The Kier molecular flexibility index (Phi) is 5.07. The van der Waals surface area contributed by atoms with Crippen LogP contribution in [0.5, 0.6) is 0 Å². The molecule has 1 amide bonds. The summed E-state index contributed by atoms with van der Waals surface area (Å²) in [6, 6.07) is 7.18. The molecule has 128 valence electrons. The van der Waals surface area contributed by atoms with E-state index in [2.05, 4.69) is 5.16 Å². The van der Waals surface area contributed by atoms with Gasteiger partial charge in [-0.2, -0.15) is 0 Å². The lowest BCUT2D eigenvalue weighted by Crippen LogP contribution is -2.54. The molecule has 0 aliphatic rings. The Labute approximate surface area is 141 Å². The Morgan fingerprint density at radius 3 is 2.17 bits per heavy atom. The number of hydrogen-bond acceptors (Lipinski definition) is 4. The first-order chi connectivity index (χ1) is 11.3. The molecular weight excluding hydrogens is 308 g/mol. The Morgan fingerprint density at radius 1 is 1.17 bits per heavy atom. The summed E-state index contributed by atoms with van der Waals surface area (Å²) in [5.74, 6) is -1.60. The number of nitrogens with zero attached hydrogens (tertiary/aromatic N) is 2. The van der Waals surface area contributed by atoms with E-state index < -0.39 is 17.4 Å². The van der Waals surface area contributed by atoms with Crippen LogP contribution in [0.25, 0.3) is 0 Å². The standard InChI is InChI=1S/C18H22N2O4/c1-5-12-8-7-9-13(6-2)15(12)20(18(3,4)17(22)23)16(21)14-10-11-19-24-14/h7-11H,5-6H2,1-4H3,(H,22,23). The molecule has 1 N–H and O–H groups in total. The van der Waals surface area contributed by atoms with Crippen LogP contribution in [0.15, 0.2) is 35.0 Å². The number of carboxylic acid groups (broad SMARTS) is 1. The second-order valence-electron chi connectivity index (χ2n) is 6.01. The molecule has 6 heteroatoms. The number of rotatable bonds is 6. The SMILES string of the molecule is CCc1cccc(CC)c1N(C(=O)c1ccno1)C(C)(C)C(=O)O. The molecule has 1 aromatic heterocycles. The summed E-state index contributed by atoms with van der Waals surface area (Å²) in [4.78, 5) is 26.2. The summed E-state index contributed by atoms with van der Waals surface area (Å²) in [5.41, 5.74) is 1.02. The Hall–Kier alpha value is -2.63. The van der Waals surface area contributed by atoms with Gasteiger partial charge in [0.15, 0.2) is 0 Å². The summed E-state index contributed by atoms with van der Waals surface area (Å²) in [6.07, 6.45) is 2.73. The zero-order valence-corrected chi connectivity index (χ0v) is 14.4. The Morgan fingerprint density at radius 2 is 1.75 bits per heavy atom. The molecule has 6 nitrogen and oxygen atoms in total. The van der Waals surface area contributed by atoms with Crippen molar-refractivity contribution in [1.29, 1.82) is 0 Å². The maximum Gasteiger partial charge on any atom is 0.329 e. The van der Waals surface area contributed by atoms with Crippen LogP contribution in [0.1, 0.15) is 49.4 Å². The van der Waals surface area contributed by atoms with Gasteiger partial charge in [-0.1, -0.05) is 37.2 Å². The quantitative estimate of drug-likeness (QED) is 0.878. The molecule has 24 heavy (non-hydrogen) atoms. The number of carboxylic acids is 1. The third kappa shape index (κ3) is 3.04. The molecule has 2 aromatic rings. The van der Waals surface area contributed by atoms with Crippen LogP contribution >= 0.6 is 0 Å². The number of carbonyl (C=O) groups is 2. The largest absolute Gasteiger partial charge is 0.480 e. The fraction of sp³-hybridized carbons (Fsp3) is 0.389. The lowest BCUT2D eigenvalue weighted by atomic mass is 9.95. The van der Waals surface area contributed by atoms with Gasteiger partial charge >= 0.3 is 5.97 Å². The molecule has 0 saturated heterocycles. The van der Waals surface area contributed by atoms with Crippen molar-refractivity contribution < 1.29 is 19.2 Å². The summed E-state index contributed by atoms with van der Waals surface area (Å²) in [5, 5.41) is 13.3. The average Bonchev–Trinajstić information content (AvgIpc) is 3.09. The van der Waals surface area contributed by atoms with Gasteiger partial charge in [0.2, 0.25) is 5.76 Å². The Bertz CT molecular complexity index is 713. The van der Waals surface area contributed by atoms with Gasteiger partial charge in [0.25, 0.3) is 5.91 Å². The lowest BCUT2D eigenvalue weighted by molar-refractivity contribution is -0.141. The molecule has 0 atom stereocenters. The zero-order valence-electron chi connectivity index (χ0n) is 14.4. The molecule has 0 radical (unpaired) electrons. The van der Waals surface area contributed by atoms with Crippen molar-refractivity contribution >= 4 is 17.6 Å². The van der Waals surface area contributed by atoms with E-state index in [1.807, 2.05) is 32.0 Å². The Balaban J connectivity index is 2.73. The fourth-order valence-corrected chi connectivity index (χ4v) is 2.67. The molecule has 1 heterocycles. The summed E-state index contributed by atoms with van der Waals surface area (Å²) >= 11 is 0. The molecule has 0 fully saturated rings. The molecule has 0 aliphatic carbocycles. The molecule has 0 aliphatic heterocycles. The minimum atomic E-state index is -1.45. The molecule has 0 bridgehead atoms. The van der Waals surface area contributed by atoms with Crippen LogP contribution in [0.4, 0.5) is 5.69 Å². The number of amides is 1. The van der Waals surface area contributed by atoms with Crippen LogP contribution in [0.3, 0.4) is 0 Å². The van der Waals surface area contributed by atoms with Crippen molar-refractivity contribution in [3.8, 4) is 0 Å². The first kappa shape index (κ1) is 17.7. The number of aliphatic carboxylic acids is 1. The predicted molar refractivity (Wildman–Crippen MR) is 90.2 cm³/mol. The van der Waals surface area contributed by atoms with Gasteiger partial charge in [-0.25, -0.2) is 4.79 Å². The summed E-state index contributed by atoms with van der Waals surface area (Å²) in [7, 11) is 0. The summed E-state index contributed by atoms with van der Waals surface area (Å²) < 4.78 is 4.99. The number of aryl methyl sites for hydroxylation is 2. The second kappa shape index (κ2) is 6.86. The van der Waals surface area contributed by atoms with Crippen molar-refractivity contribution in [2.24, 2.45) is 0 Å². The fourth-order valence-electron chi connectivity index (χ4n) is 2.67. The number of anilines is 1. The summed E-state index contributed by atoms with van der Waals surface area (Å²) in [6.45, 7) is 6.97. The second-order valence-corrected chi connectivity index (χ2v) is 6.01. The van der Waals surface area contributed by atoms with Crippen molar-refractivity contribution in [3.05, 3.63) is 47.3 Å². The van der Waals surface area contributed by atoms with Gasteiger partial charge in [-0.15, -0.1) is 0 Å². The van der Waals surface area contributed by atoms with Crippen molar-refractivity contribution in [3.63, 3.8) is 0 Å². The highest BCUT2D eigenvalue weighted by molar-refractivity contribution is 6.09. The highest BCUT2D eigenvalue weighted by Crippen LogP contribution is 2.34. The number of carbonyl (C=O) groups excluding carboxylic acids is 1. The number of para-hydroxylation sites is 1. The molecule has 0 unspecified atom stereocenters. The monoisotopic (exact) mass is 330 g/mol. The van der Waals surface area contributed by atoms with Crippen molar-refractivity contribution in [1.82, 2.24) is 5.16 Å². The average molecular weight is 330 g/mol.